The number of carbonyl (C=O) groups is 2. The quantitative estimate of drug-likeness (QED) is 0.623. The zero-order chi connectivity index (χ0) is 23.1. The van der Waals surface area contributed by atoms with Crippen LogP contribution in [0, 0.1) is 23.1 Å². The number of halogens is 1. The van der Waals surface area contributed by atoms with Crippen molar-refractivity contribution in [1.29, 1.82) is 5.26 Å². The Balaban J connectivity index is 1.64. The van der Waals surface area contributed by atoms with E-state index in [9.17, 15) is 19.2 Å². The van der Waals surface area contributed by atoms with Crippen LogP contribution in [0.4, 0.5) is 20.7 Å². The summed E-state index contributed by atoms with van der Waals surface area (Å²) in [6.45, 7) is 3.51. The molecular weight excluding hydrogens is 415 g/mol. The molecule has 2 aromatic rings. The van der Waals surface area contributed by atoms with Gasteiger partial charge < -0.3 is 15.5 Å². The fourth-order valence-electron chi connectivity index (χ4n) is 3.64. The van der Waals surface area contributed by atoms with Crippen molar-refractivity contribution in [2.75, 3.05) is 36.9 Å². The molecule has 3 amide bonds. The normalized spacial score (nSPS) is 13.9. The van der Waals surface area contributed by atoms with E-state index in [1.165, 1.54) is 13.4 Å². The van der Waals surface area contributed by atoms with E-state index < -0.39 is 11.8 Å². The highest BCUT2D eigenvalue weighted by Crippen LogP contribution is 2.28. The predicted octanol–water partition coefficient (Wildman–Crippen LogP) is 1.84. The molecule has 0 aromatic carbocycles. The van der Waals surface area contributed by atoms with Gasteiger partial charge in [0.25, 0.3) is 5.91 Å². The number of pyridine rings is 1. The van der Waals surface area contributed by atoms with Crippen LogP contribution in [0.2, 0.25) is 0 Å². The molecule has 0 unspecified atom stereocenters. The molecule has 0 bridgehead atoms. The molecule has 0 saturated carbocycles. The lowest BCUT2D eigenvalue weighted by molar-refractivity contribution is 0.0958. The first-order valence-electron chi connectivity index (χ1n) is 10.4. The summed E-state index contributed by atoms with van der Waals surface area (Å²) in [7, 11) is 1.51. The fourth-order valence-corrected chi connectivity index (χ4v) is 3.64. The Kier molecular flexibility index (Phi) is 7.49. The molecule has 0 spiro atoms. The second kappa shape index (κ2) is 10.5. The van der Waals surface area contributed by atoms with Gasteiger partial charge in [0.05, 0.1) is 11.4 Å². The number of amides is 3. The Morgan fingerprint density at radius 3 is 2.69 bits per heavy atom. The molecule has 3 heterocycles. The number of anilines is 2. The first kappa shape index (κ1) is 22.9. The molecule has 1 fully saturated rings. The lowest BCUT2D eigenvalue weighted by atomic mass is 9.91. The van der Waals surface area contributed by atoms with Crippen LogP contribution >= 0.6 is 0 Å². The maximum absolute atomic E-state index is 14.7. The lowest BCUT2D eigenvalue weighted by Crippen LogP contribution is -2.35. The molecule has 0 radical (unpaired) electrons. The maximum atomic E-state index is 14.7. The van der Waals surface area contributed by atoms with E-state index in [1.54, 1.807) is 19.1 Å². The Morgan fingerprint density at radius 1 is 1.28 bits per heavy atom. The maximum Gasteiger partial charge on any atom is 0.320 e. The van der Waals surface area contributed by atoms with Crippen molar-refractivity contribution in [2.24, 2.45) is 5.92 Å². The highest BCUT2D eigenvalue weighted by Gasteiger charge is 2.25. The minimum Gasteiger partial charge on any atom is -0.369 e. The Hall–Kier alpha value is -3.81. The zero-order valence-electron chi connectivity index (χ0n) is 18.0. The van der Waals surface area contributed by atoms with Crippen LogP contribution in [0.15, 0.2) is 18.5 Å². The monoisotopic (exact) mass is 440 g/mol. The first-order valence-corrected chi connectivity index (χ1v) is 10.4. The van der Waals surface area contributed by atoms with E-state index >= 15 is 0 Å². The third-order valence-corrected chi connectivity index (χ3v) is 5.31. The highest BCUT2D eigenvalue weighted by atomic mass is 19.1. The molecule has 32 heavy (non-hydrogen) atoms. The summed E-state index contributed by atoms with van der Waals surface area (Å²) in [4.78, 5) is 37.5. The summed E-state index contributed by atoms with van der Waals surface area (Å²) in [6, 6.07) is 4.88. The van der Waals surface area contributed by atoms with E-state index in [4.69, 9.17) is 0 Å². The van der Waals surface area contributed by atoms with Crippen LogP contribution in [0.25, 0.3) is 0 Å². The van der Waals surface area contributed by atoms with Gasteiger partial charge >= 0.3 is 6.03 Å². The van der Waals surface area contributed by atoms with Crippen molar-refractivity contribution >= 4 is 23.4 Å². The fraction of sp³-hybridized carbons (Fsp3) is 0.429. The van der Waals surface area contributed by atoms with Crippen molar-refractivity contribution in [3.63, 3.8) is 0 Å². The number of nitrogens with one attached hydrogen (secondary N) is 3. The Labute approximate surface area is 185 Å². The molecule has 2 aromatic heterocycles. The molecule has 10 nitrogen and oxygen atoms in total. The average Bonchev–Trinajstić information content (AvgIpc) is 2.81. The Bertz CT molecular complexity index is 1030. The van der Waals surface area contributed by atoms with Crippen molar-refractivity contribution in [3.8, 4) is 6.07 Å². The van der Waals surface area contributed by atoms with E-state index in [1.807, 2.05) is 4.90 Å². The van der Waals surface area contributed by atoms with Gasteiger partial charge in [0.2, 0.25) is 0 Å². The number of urea groups is 1. The smallest absolute Gasteiger partial charge is 0.320 e. The van der Waals surface area contributed by atoms with Crippen LogP contribution < -0.4 is 20.9 Å². The van der Waals surface area contributed by atoms with Crippen LogP contribution in [-0.2, 0) is 6.42 Å². The van der Waals surface area contributed by atoms with Crippen molar-refractivity contribution < 1.29 is 14.0 Å². The van der Waals surface area contributed by atoms with Crippen LogP contribution in [0.1, 0.15) is 41.6 Å². The van der Waals surface area contributed by atoms with Gasteiger partial charge in [-0.25, -0.2) is 24.1 Å². The van der Waals surface area contributed by atoms with Crippen molar-refractivity contribution in [2.45, 2.75) is 26.2 Å². The molecular formula is C21H25FN8O2. The third kappa shape index (κ3) is 5.26. The lowest BCUT2D eigenvalue weighted by Gasteiger charge is -2.33. The van der Waals surface area contributed by atoms with Gasteiger partial charge in [-0.15, -0.1) is 0 Å². The summed E-state index contributed by atoms with van der Waals surface area (Å²) in [5, 5.41) is 16.9. The SMILES string of the molecule is CCNC(=O)Nc1ncnc(CC2CCN(c3ccc(C(=O)NC)nc3C#N)CC2)c1F. The molecule has 11 heteroatoms. The molecule has 1 aliphatic heterocycles. The number of piperidine rings is 1. The van der Waals surface area contributed by atoms with E-state index in [-0.39, 0.29) is 34.7 Å². The van der Waals surface area contributed by atoms with E-state index in [0.29, 0.717) is 31.7 Å². The summed E-state index contributed by atoms with van der Waals surface area (Å²) >= 11 is 0. The summed E-state index contributed by atoms with van der Waals surface area (Å²) in [5.41, 5.74) is 1.34. The number of nitrogens with zero attached hydrogens (tertiary/aromatic N) is 5. The molecule has 3 N–H and O–H groups in total. The van der Waals surface area contributed by atoms with E-state index in [0.717, 1.165) is 12.8 Å². The van der Waals surface area contributed by atoms with Gasteiger partial charge in [-0.3, -0.25) is 10.1 Å². The summed E-state index contributed by atoms with van der Waals surface area (Å²) < 4.78 is 14.7. The van der Waals surface area contributed by atoms with Crippen LogP contribution in [-0.4, -0.2) is 53.6 Å². The molecule has 1 aliphatic rings. The van der Waals surface area contributed by atoms with Gasteiger partial charge in [0, 0.05) is 26.7 Å². The highest BCUT2D eigenvalue weighted by molar-refractivity contribution is 5.92. The van der Waals surface area contributed by atoms with Gasteiger partial charge in [-0.1, -0.05) is 0 Å². The minimum absolute atomic E-state index is 0.140. The first-order chi connectivity index (χ1) is 15.5. The average molecular weight is 440 g/mol. The molecule has 0 atom stereocenters. The van der Waals surface area contributed by atoms with Gasteiger partial charge in [-0.2, -0.15) is 5.26 Å². The third-order valence-electron chi connectivity index (χ3n) is 5.31. The Morgan fingerprint density at radius 2 is 2.03 bits per heavy atom. The van der Waals surface area contributed by atoms with E-state index in [2.05, 4.69) is 37.0 Å². The number of nitriles is 1. The molecule has 3 rings (SSSR count). The molecule has 0 aliphatic carbocycles. The van der Waals surface area contributed by atoms with Crippen LogP contribution in [0.3, 0.4) is 0 Å². The predicted molar refractivity (Wildman–Crippen MR) is 116 cm³/mol. The summed E-state index contributed by atoms with van der Waals surface area (Å²) in [5.74, 6) is -0.919. The summed E-state index contributed by atoms with van der Waals surface area (Å²) in [6.07, 6.45) is 3.20. The number of rotatable bonds is 6. The van der Waals surface area contributed by atoms with Gasteiger partial charge in [0.15, 0.2) is 17.3 Å². The van der Waals surface area contributed by atoms with Gasteiger partial charge in [-0.05, 0) is 44.2 Å². The second-order valence-corrected chi connectivity index (χ2v) is 7.36. The van der Waals surface area contributed by atoms with Crippen molar-refractivity contribution in [1.82, 2.24) is 25.6 Å². The number of hydrogen-bond acceptors (Lipinski definition) is 7. The van der Waals surface area contributed by atoms with Crippen molar-refractivity contribution in [3.05, 3.63) is 41.4 Å². The minimum atomic E-state index is -0.623. The largest absolute Gasteiger partial charge is 0.369 e. The standard InChI is InChI=1S/C21H25FN8O2/c1-3-25-21(32)29-19-18(22)15(26-12-27-19)10-13-6-8-30(9-7-13)17-5-4-14(20(31)24-2)28-16(17)11-23/h4-5,12-13H,3,6-10H2,1-2H3,(H,24,31)(H2,25,26,27,29,32). The topological polar surface area (TPSA) is 136 Å². The van der Waals surface area contributed by atoms with Gasteiger partial charge in [0.1, 0.15) is 18.1 Å². The molecule has 168 valence electrons. The van der Waals surface area contributed by atoms with Crippen LogP contribution in [0.5, 0.6) is 0 Å². The number of hydrogen-bond donors (Lipinski definition) is 3. The number of carbonyl (C=O) groups excluding carboxylic acids is 2. The second-order valence-electron chi connectivity index (χ2n) is 7.36. The zero-order valence-corrected chi connectivity index (χ0v) is 18.0. The molecule has 1 saturated heterocycles. The number of aromatic nitrogens is 3.